The van der Waals surface area contributed by atoms with Gasteiger partial charge in [-0.15, -0.1) is 6.58 Å². The normalized spacial score (nSPS) is 14.0. The van der Waals surface area contributed by atoms with Crippen molar-refractivity contribution in [2.75, 3.05) is 13.2 Å². The molecule has 0 saturated heterocycles. The summed E-state index contributed by atoms with van der Waals surface area (Å²) in [7, 11) is -4.39. The summed E-state index contributed by atoms with van der Waals surface area (Å²) < 4.78 is 13.7. The fraction of sp³-hybridized carbons (Fsp3) is 0.484. The van der Waals surface area contributed by atoms with E-state index in [1.165, 1.54) is 15.9 Å². The van der Waals surface area contributed by atoms with Crippen LogP contribution in [-0.4, -0.2) is 41.1 Å². The molecule has 0 fully saturated rings. The Labute approximate surface area is 222 Å². The number of benzene rings is 2. The first-order chi connectivity index (χ1) is 17.2. The number of aliphatic hydroxyl groups is 1. The third-order valence-corrected chi connectivity index (χ3v) is 17.2. The lowest BCUT2D eigenvalue weighted by atomic mass is 10.1. The Balaban J connectivity index is 2.38. The molecule has 0 amide bonds. The third-order valence-electron chi connectivity index (χ3n) is 7.54. The first-order valence-corrected chi connectivity index (χ1v) is 18.0. The Bertz CT molecular complexity index is 884. The van der Waals surface area contributed by atoms with E-state index in [1.807, 2.05) is 6.08 Å². The van der Waals surface area contributed by atoms with Gasteiger partial charge in [0.05, 0.1) is 19.3 Å². The number of aliphatic hydroxyl groups excluding tert-OH is 1. The molecular formula is C31H48O3Si2. The summed E-state index contributed by atoms with van der Waals surface area (Å²) >= 11 is 0. The molecule has 36 heavy (non-hydrogen) atoms. The first-order valence-electron chi connectivity index (χ1n) is 13.5. The van der Waals surface area contributed by atoms with Crippen molar-refractivity contribution < 1.29 is 14.0 Å². The van der Waals surface area contributed by atoms with E-state index in [2.05, 4.69) is 115 Å². The molecule has 1 N–H and O–H groups in total. The Morgan fingerprint density at radius 3 is 1.81 bits per heavy atom. The molecule has 2 rings (SSSR count). The highest BCUT2D eigenvalue weighted by atomic mass is 28.4. The average Bonchev–Trinajstić information content (AvgIpc) is 2.89. The van der Waals surface area contributed by atoms with Gasteiger partial charge in [0.2, 0.25) is 0 Å². The van der Waals surface area contributed by atoms with E-state index in [9.17, 15) is 5.11 Å². The van der Waals surface area contributed by atoms with Crippen molar-refractivity contribution in [3.8, 4) is 0 Å². The van der Waals surface area contributed by atoms with Gasteiger partial charge in [0.25, 0.3) is 8.32 Å². The summed E-state index contributed by atoms with van der Waals surface area (Å²) in [5, 5.41) is 12.7. The van der Waals surface area contributed by atoms with E-state index in [4.69, 9.17) is 8.85 Å². The summed E-state index contributed by atoms with van der Waals surface area (Å²) in [6.07, 6.45) is 5.45. The van der Waals surface area contributed by atoms with Crippen LogP contribution in [0.4, 0.5) is 0 Å². The molecule has 0 unspecified atom stereocenters. The predicted molar refractivity (Wildman–Crippen MR) is 160 cm³/mol. The molecule has 0 spiro atoms. The summed E-state index contributed by atoms with van der Waals surface area (Å²) in [5.74, 6) is 0. The van der Waals surface area contributed by atoms with Crippen LogP contribution in [-0.2, 0) is 8.85 Å². The second kappa shape index (κ2) is 14.2. The lowest BCUT2D eigenvalue weighted by Gasteiger charge is -2.42. The molecule has 0 radical (unpaired) electrons. The molecule has 5 heteroatoms. The van der Waals surface area contributed by atoms with Gasteiger partial charge in [-0.3, -0.25) is 0 Å². The molecule has 1 atom stereocenters. The second-order valence-corrected chi connectivity index (χ2v) is 19.7. The third kappa shape index (κ3) is 7.39. The number of rotatable bonds is 15. The van der Waals surface area contributed by atoms with Gasteiger partial charge in [-0.05, 0) is 46.4 Å². The van der Waals surface area contributed by atoms with Gasteiger partial charge >= 0.3 is 0 Å². The molecule has 0 aromatic heterocycles. The van der Waals surface area contributed by atoms with Crippen LogP contribution >= 0.6 is 0 Å². The van der Waals surface area contributed by atoms with Crippen LogP contribution in [0.25, 0.3) is 0 Å². The van der Waals surface area contributed by atoms with E-state index in [0.717, 1.165) is 24.6 Å². The second-order valence-electron chi connectivity index (χ2n) is 10.7. The minimum absolute atomic E-state index is 0.0405. The molecule has 2 aromatic rings. The van der Waals surface area contributed by atoms with Gasteiger partial charge in [-0.25, -0.2) is 0 Å². The van der Waals surface area contributed by atoms with Crippen LogP contribution in [0.15, 0.2) is 85.0 Å². The fourth-order valence-corrected chi connectivity index (χ4v) is 12.6. The summed E-state index contributed by atoms with van der Waals surface area (Å²) in [5.41, 5.74) is 1.22. The van der Waals surface area contributed by atoms with Crippen molar-refractivity contribution >= 4 is 27.0 Å². The largest absolute Gasteiger partial charge is 0.411 e. The molecule has 198 valence electrons. The Morgan fingerprint density at radius 2 is 1.42 bits per heavy atom. The van der Waals surface area contributed by atoms with E-state index in [-0.39, 0.29) is 17.7 Å². The van der Waals surface area contributed by atoms with Crippen molar-refractivity contribution in [1.29, 1.82) is 0 Å². The Morgan fingerprint density at radius 1 is 0.917 bits per heavy atom. The minimum Gasteiger partial charge on any atom is -0.411 e. The van der Waals surface area contributed by atoms with E-state index in [1.54, 1.807) is 0 Å². The molecule has 0 aliphatic heterocycles. The van der Waals surface area contributed by atoms with Gasteiger partial charge < -0.3 is 14.0 Å². The first kappa shape index (κ1) is 30.5. The zero-order chi connectivity index (χ0) is 26.7. The van der Waals surface area contributed by atoms with Gasteiger partial charge in [-0.2, -0.15) is 0 Å². The van der Waals surface area contributed by atoms with Crippen molar-refractivity contribution in [1.82, 2.24) is 0 Å². The highest BCUT2D eigenvalue weighted by Gasteiger charge is 2.49. The maximum atomic E-state index is 10.2. The molecule has 0 bridgehead atoms. The lowest BCUT2D eigenvalue weighted by Crippen LogP contribution is -2.66. The van der Waals surface area contributed by atoms with Gasteiger partial charge in [0.15, 0.2) is 8.32 Å². The van der Waals surface area contributed by atoms with Crippen LogP contribution in [0.3, 0.4) is 0 Å². The van der Waals surface area contributed by atoms with Gasteiger partial charge in [0, 0.05) is 0 Å². The molecule has 2 aromatic carbocycles. The lowest BCUT2D eigenvalue weighted by molar-refractivity contribution is 0.105. The number of hydrogen-bond acceptors (Lipinski definition) is 3. The van der Waals surface area contributed by atoms with Crippen LogP contribution in [0.1, 0.15) is 54.4 Å². The summed E-state index contributed by atoms with van der Waals surface area (Å²) in [4.78, 5) is 0. The molecule has 0 aliphatic rings. The standard InChI is InChI=1S/C31H48O3Si2/c1-8-18-27(25-28(26-32)34-35(9-2,10-3)11-4)23-24-33-36(31(5,6)7,29-19-14-12-15-20-29)30-21-16-13-17-22-30/h8,12-17,19-23,28,32H,1,9-11,18,24-26H2,2-7H3/b27-23-/t28-/m1/s1. The van der Waals surface area contributed by atoms with Crippen molar-refractivity contribution in [3.05, 3.63) is 85.0 Å². The summed E-state index contributed by atoms with van der Waals surface area (Å²) in [6.45, 7) is 18.1. The maximum Gasteiger partial charge on any atom is 0.261 e. The Kier molecular flexibility index (Phi) is 12.1. The Hall–Kier alpha value is -1.77. The zero-order valence-electron chi connectivity index (χ0n) is 23.4. The average molecular weight is 525 g/mol. The minimum atomic E-state index is -2.59. The predicted octanol–water partition coefficient (Wildman–Crippen LogP) is 6.84. The molecule has 0 aliphatic carbocycles. The van der Waals surface area contributed by atoms with Crippen LogP contribution < -0.4 is 10.4 Å². The number of allylic oxidation sites excluding steroid dienone is 1. The van der Waals surface area contributed by atoms with Gasteiger partial charge in [0.1, 0.15) is 0 Å². The highest BCUT2D eigenvalue weighted by molar-refractivity contribution is 6.99. The number of hydrogen-bond donors (Lipinski definition) is 1. The zero-order valence-corrected chi connectivity index (χ0v) is 25.4. The SMILES string of the molecule is C=CC/C(=C/CO[Si](c1ccccc1)(c1ccccc1)C(C)(C)C)C[C@H](CO)O[Si](CC)(CC)CC. The quantitative estimate of drug-likeness (QED) is 0.205. The van der Waals surface area contributed by atoms with E-state index < -0.39 is 16.6 Å². The fourth-order valence-electron chi connectivity index (χ4n) is 5.27. The van der Waals surface area contributed by atoms with Crippen molar-refractivity contribution in [2.24, 2.45) is 0 Å². The van der Waals surface area contributed by atoms with Crippen LogP contribution in [0.5, 0.6) is 0 Å². The van der Waals surface area contributed by atoms with Crippen LogP contribution in [0, 0.1) is 0 Å². The molecular weight excluding hydrogens is 477 g/mol. The summed E-state index contributed by atoms with van der Waals surface area (Å²) in [6, 6.07) is 24.7. The van der Waals surface area contributed by atoms with Crippen LogP contribution in [0.2, 0.25) is 23.2 Å². The van der Waals surface area contributed by atoms with Crippen molar-refractivity contribution in [3.63, 3.8) is 0 Å². The monoisotopic (exact) mass is 524 g/mol. The molecule has 0 heterocycles. The smallest absolute Gasteiger partial charge is 0.261 e. The van der Waals surface area contributed by atoms with Gasteiger partial charge in [-0.1, -0.05) is 120 Å². The van der Waals surface area contributed by atoms with Crippen molar-refractivity contribution in [2.45, 2.75) is 83.7 Å². The van der Waals surface area contributed by atoms with E-state index >= 15 is 0 Å². The van der Waals surface area contributed by atoms with E-state index in [0.29, 0.717) is 13.0 Å². The highest BCUT2D eigenvalue weighted by Crippen LogP contribution is 2.37. The molecule has 0 saturated carbocycles. The topological polar surface area (TPSA) is 38.7 Å². The maximum absolute atomic E-state index is 10.2. The molecule has 3 nitrogen and oxygen atoms in total.